The van der Waals surface area contributed by atoms with Crippen LogP contribution in [-0.2, 0) is 23.5 Å². The zero-order valence-corrected chi connectivity index (χ0v) is 28.7. The molecule has 0 aromatic rings. The van der Waals surface area contributed by atoms with E-state index in [2.05, 4.69) is 48.1 Å². The zero-order valence-electron chi connectivity index (χ0n) is 28.7. The topological polar surface area (TPSA) is 54.0 Å². The second-order valence-corrected chi connectivity index (χ2v) is 17.7. The van der Waals surface area contributed by atoms with Gasteiger partial charge in [-0.25, -0.2) is 0 Å². The summed E-state index contributed by atoms with van der Waals surface area (Å²) in [4.78, 5) is 14.0. The zero-order chi connectivity index (χ0) is 31.0. The van der Waals surface area contributed by atoms with E-state index >= 15 is 0 Å². The maximum absolute atomic E-state index is 14.0. The van der Waals surface area contributed by atoms with Gasteiger partial charge < -0.3 is 18.7 Å². The van der Waals surface area contributed by atoms with Crippen LogP contribution in [0.25, 0.3) is 0 Å². The first-order chi connectivity index (χ1) is 19.4. The fourth-order valence-electron chi connectivity index (χ4n) is 10.2. The lowest BCUT2D eigenvalue weighted by molar-refractivity contribution is -0.171. The number of rotatable bonds is 9. The molecule has 5 nitrogen and oxygen atoms in total. The summed E-state index contributed by atoms with van der Waals surface area (Å²) in [6, 6.07) is 0. The first-order valence-corrected chi connectivity index (χ1v) is 17.2. The van der Waals surface area contributed by atoms with E-state index in [-0.39, 0.29) is 18.7 Å². The Kier molecular flexibility index (Phi) is 8.72. The quantitative estimate of drug-likeness (QED) is 0.155. The van der Waals surface area contributed by atoms with Crippen LogP contribution in [0.1, 0.15) is 108 Å². The Morgan fingerprint density at radius 2 is 1.38 bits per heavy atom. The van der Waals surface area contributed by atoms with Crippen LogP contribution in [0.4, 0.5) is 0 Å². The maximum atomic E-state index is 14.0. The standard InChI is InChI=1S/C35H60B2O5/c1-13-25(37-39-19-14-20-40-37)30(35(11,12)31(38)41-32(4,5)6)42-36(28-21(2)15-17-23-26(28)33(23,7)8)29-22(3)16-18-24-27(29)34(24,9)10/h13,21-30H,1,14-20H2,2-12H3/t21-,22-,23+,24+,25+,26-,27+,28+,29+,30+/m0/s1. The molecule has 1 saturated heterocycles. The van der Waals surface area contributed by atoms with Crippen molar-refractivity contribution in [2.45, 2.75) is 137 Å². The smallest absolute Gasteiger partial charge is 0.459 e. The SMILES string of the molecule is C=C[C@@H](B1OCCCO1)[C@@H](OB([C@H]1[C@@H]2[C@@H](CC[C@@H]1C)C2(C)C)[C@H]1[C@H]2[C@@H](CC[C@@H]1C)C2(C)C)C(C)(C)C(=O)OC(C)(C)C. The fourth-order valence-corrected chi connectivity index (χ4v) is 10.2. The van der Waals surface area contributed by atoms with Crippen LogP contribution in [-0.4, -0.2) is 44.9 Å². The Bertz CT molecular complexity index is 969. The molecule has 0 unspecified atom stereocenters. The van der Waals surface area contributed by atoms with Crippen molar-refractivity contribution in [3.8, 4) is 0 Å². The van der Waals surface area contributed by atoms with E-state index in [1.165, 1.54) is 25.7 Å². The Morgan fingerprint density at radius 3 is 1.81 bits per heavy atom. The van der Waals surface area contributed by atoms with Gasteiger partial charge in [-0.05, 0) is 112 Å². The Labute approximate surface area is 258 Å². The van der Waals surface area contributed by atoms with Crippen molar-refractivity contribution < 1.29 is 23.5 Å². The van der Waals surface area contributed by atoms with Crippen molar-refractivity contribution in [3.63, 3.8) is 0 Å². The normalized spacial score (nSPS) is 38.4. The second kappa shape index (κ2) is 11.2. The highest BCUT2D eigenvalue weighted by atomic mass is 16.6. The molecular formula is C35H60B2O5. The van der Waals surface area contributed by atoms with Crippen LogP contribution in [0.2, 0.25) is 17.5 Å². The van der Waals surface area contributed by atoms with E-state index in [0.717, 1.165) is 18.3 Å². The second-order valence-electron chi connectivity index (χ2n) is 17.7. The number of hydrogen-bond acceptors (Lipinski definition) is 5. The van der Waals surface area contributed by atoms with Gasteiger partial charge in [0.05, 0.1) is 11.5 Å². The van der Waals surface area contributed by atoms with Crippen molar-refractivity contribution in [2.75, 3.05) is 13.2 Å². The number of carbonyl (C=O) groups is 1. The van der Waals surface area contributed by atoms with E-state index in [1.54, 1.807) is 0 Å². The summed E-state index contributed by atoms with van der Waals surface area (Å²) < 4.78 is 26.2. The van der Waals surface area contributed by atoms with Gasteiger partial charge in [0.1, 0.15) is 5.60 Å². The van der Waals surface area contributed by atoms with Crippen LogP contribution in [0.3, 0.4) is 0 Å². The Morgan fingerprint density at radius 1 is 0.905 bits per heavy atom. The van der Waals surface area contributed by atoms with Crippen LogP contribution in [0.5, 0.6) is 0 Å². The molecule has 0 aromatic carbocycles. The van der Waals surface area contributed by atoms with Crippen molar-refractivity contribution in [3.05, 3.63) is 12.7 Å². The van der Waals surface area contributed by atoms with Crippen LogP contribution in [0, 0.1) is 51.8 Å². The minimum Gasteiger partial charge on any atom is -0.459 e. The molecule has 1 heterocycles. The molecule has 0 bridgehead atoms. The first-order valence-electron chi connectivity index (χ1n) is 17.2. The van der Waals surface area contributed by atoms with Gasteiger partial charge in [-0.1, -0.05) is 60.5 Å². The summed E-state index contributed by atoms with van der Waals surface area (Å²) in [5, 5.41) is 0. The average Bonchev–Trinajstić information content (AvgIpc) is 3.68. The summed E-state index contributed by atoms with van der Waals surface area (Å²) in [7, 11) is -0.480. The minimum atomic E-state index is -0.929. The average molecular weight is 582 g/mol. The van der Waals surface area contributed by atoms with Gasteiger partial charge >= 0.3 is 20.0 Å². The predicted octanol–water partition coefficient (Wildman–Crippen LogP) is 8.36. The van der Waals surface area contributed by atoms with Crippen molar-refractivity contribution in [1.82, 2.24) is 0 Å². The molecule has 0 amide bonds. The van der Waals surface area contributed by atoms with Crippen LogP contribution in [0.15, 0.2) is 12.7 Å². The summed E-state index contributed by atoms with van der Waals surface area (Å²) in [6.45, 7) is 30.3. The van der Waals surface area contributed by atoms with E-state index < -0.39 is 24.2 Å². The van der Waals surface area contributed by atoms with Gasteiger partial charge in [0, 0.05) is 19.0 Å². The van der Waals surface area contributed by atoms with Gasteiger partial charge in [-0.15, -0.1) is 6.58 Å². The molecule has 0 radical (unpaired) electrons. The van der Waals surface area contributed by atoms with Gasteiger partial charge in [0.15, 0.2) is 0 Å². The molecule has 0 N–H and O–H groups in total. The molecule has 0 aromatic heterocycles. The van der Waals surface area contributed by atoms with Gasteiger partial charge in [-0.3, -0.25) is 4.79 Å². The molecule has 5 aliphatic rings. The molecule has 7 heteroatoms. The lowest BCUT2D eigenvalue weighted by Gasteiger charge is -2.47. The number of ether oxygens (including phenoxy) is 1. The highest BCUT2D eigenvalue weighted by Crippen LogP contribution is 2.76. The highest BCUT2D eigenvalue weighted by molar-refractivity contribution is 6.56. The number of carbonyl (C=O) groups excluding carboxylic acids is 1. The van der Waals surface area contributed by atoms with Gasteiger partial charge in [-0.2, -0.15) is 0 Å². The molecule has 5 fully saturated rings. The molecule has 10 atom stereocenters. The van der Waals surface area contributed by atoms with Crippen LogP contribution >= 0.6 is 0 Å². The lowest BCUT2D eigenvalue weighted by atomic mass is 9.36. The molecule has 4 aliphatic carbocycles. The highest BCUT2D eigenvalue weighted by Gasteiger charge is 2.71. The number of hydrogen-bond donors (Lipinski definition) is 0. The van der Waals surface area contributed by atoms with Crippen molar-refractivity contribution >= 4 is 20.0 Å². The van der Waals surface area contributed by atoms with E-state index in [1.807, 2.05) is 40.7 Å². The third-order valence-electron chi connectivity index (χ3n) is 12.8. The molecule has 1 aliphatic heterocycles. The summed E-state index contributed by atoms with van der Waals surface area (Å²) >= 11 is 0. The first kappa shape index (κ1) is 32.6. The molecular weight excluding hydrogens is 522 g/mol. The predicted molar refractivity (Wildman–Crippen MR) is 172 cm³/mol. The molecule has 0 spiro atoms. The van der Waals surface area contributed by atoms with Crippen molar-refractivity contribution in [2.24, 2.45) is 51.8 Å². The van der Waals surface area contributed by atoms with Gasteiger partial charge in [0.2, 0.25) is 0 Å². The summed E-state index contributed by atoms with van der Waals surface area (Å²) in [5.41, 5.74) is -0.832. The largest absolute Gasteiger partial charge is 0.466 e. The summed E-state index contributed by atoms with van der Waals surface area (Å²) in [6.07, 6.45) is 7.48. The van der Waals surface area contributed by atoms with Gasteiger partial charge in [0.25, 0.3) is 0 Å². The molecule has 4 saturated carbocycles. The van der Waals surface area contributed by atoms with Crippen molar-refractivity contribution in [1.29, 1.82) is 0 Å². The van der Waals surface area contributed by atoms with E-state index in [9.17, 15) is 4.79 Å². The maximum Gasteiger partial charge on any atom is 0.466 e. The molecule has 42 heavy (non-hydrogen) atoms. The molecule has 5 rings (SSSR count). The van der Waals surface area contributed by atoms with E-state index in [0.29, 0.717) is 59.3 Å². The van der Waals surface area contributed by atoms with E-state index in [4.69, 9.17) is 18.7 Å². The monoisotopic (exact) mass is 582 g/mol. The third kappa shape index (κ3) is 5.70. The fraction of sp³-hybridized carbons (Fsp3) is 0.914. The third-order valence-corrected chi connectivity index (χ3v) is 12.8. The number of esters is 1. The Balaban J connectivity index is 1.58. The van der Waals surface area contributed by atoms with Crippen LogP contribution < -0.4 is 0 Å². The lowest BCUT2D eigenvalue weighted by Crippen LogP contribution is -2.54. The number of fused-ring (bicyclic) bond motifs is 2. The summed E-state index contributed by atoms with van der Waals surface area (Å²) in [5.74, 6) is 4.44. The minimum absolute atomic E-state index is 0.0666. The Hall–Kier alpha value is -0.780. The molecule has 236 valence electrons.